The summed E-state index contributed by atoms with van der Waals surface area (Å²) in [5.74, 6) is 2.94. The zero-order valence-electron chi connectivity index (χ0n) is 19.4. The van der Waals surface area contributed by atoms with E-state index in [0.717, 1.165) is 75.6 Å². The number of anilines is 1. The Morgan fingerprint density at radius 2 is 1.78 bits per heavy atom. The van der Waals surface area contributed by atoms with Crippen LogP contribution in [0.1, 0.15) is 49.3 Å². The van der Waals surface area contributed by atoms with Gasteiger partial charge in [-0.3, -0.25) is 14.7 Å². The molecule has 1 unspecified atom stereocenters. The van der Waals surface area contributed by atoms with E-state index in [1.807, 2.05) is 12.1 Å². The molecule has 8 heteroatoms. The van der Waals surface area contributed by atoms with Gasteiger partial charge < -0.3 is 19.1 Å². The Bertz CT molecular complexity index is 971. The third kappa shape index (κ3) is 4.85. The van der Waals surface area contributed by atoms with E-state index in [4.69, 9.17) is 19.2 Å². The molecule has 1 aromatic heterocycles. The van der Waals surface area contributed by atoms with Crippen molar-refractivity contribution in [2.24, 2.45) is 0 Å². The number of benzene rings is 1. The van der Waals surface area contributed by atoms with E-state index < -0.39 is 0 Å². The smallest absolute Gasteiger partial charge is 0.252 e. The zero-order chi connectivity index (χ0) is 22.5. The molecule has 2 aliphatic rings. The molecule has 2 fully saturated rings. The summed E-state index contributed by atoms with van der Waals surface area (Å²) in [7, 11) is 4.90. The van der Waals surface area contributed by atoms with Crippen LogP contribution in [-0.2, 0) is 6.54 Å². The average molecular weight is 443 g/mol. The van der Waals surface area contributed by atoms with Crippen LogP contribution in [0.5, 0.6) is 17.2 Å². The molecule has 2 saturated heterocycles. The number of nitrogens with one attached hydrogen (secondary N) is 1. The molecule has 0 bridgehead atoms. The van der Waals surface area contributed by atoms with Gasteiger partial charge in [-0.05, 0) is 44.7 Å². The van der Waals surface area contributed by atoms with E-state index in [1.54, 1.807) is 27.4 Å². The number of nitrogens with zero attached hydrogens (tertiary/aromatic N) is 3. The maximum Gasteiger partial charge on any atom is 0.252 e. The lowest BCUT2D eigenvalue weighted by Gasteiger charge is -2.33. The Hall–Kier alpha value is -2.74. The fraction of sp³-hybridized carbons (Fsp3) is 0.583. The summed E-state index contributed by atoms with van der Waals surface area (Å²) < 4.78 is 16.6. The van der Waals surface area contributed by atoms with Crippen molar-refractivity contribution in [3.05, 3.63) is 39.8 Å². The minimum absolute atomic E-state index is 0.0609. The van der Waals surface area contributed by atoms with Crippen LogP contribution >= 0.6 is 0 Å². The molecular weight excluding hydrogens is 408 g/mol. The fourth-order valence-corrected chi connectivity index (χ4v) is 4.90. The molecule has 4 rings (SSSR count). The molecule has 0 spiro atoms. The lowest BCUT2D eigenvalue weighted by atomic mass is 9.94. The highest BCUT2D eigenvalue weighted by molar-refractivity contribution is 5.55. The summed E-state index contributed by atoms with van der Waals surface area (Å²) >= 11 is 0. The van der Waals surface area contributed by atoms with Gasteiger partial charge in [0.25, 0.3) is 5.56 Å². The summed E-state index contributed by atoms with van der Waals surface area (Å²) in [5.41, 5.74) is 1.89. The van der Waals surface area contributed by atoms with Crippen molar-refractivity contribution in [3.63, 3.8) is 0 Å². The number of piperidine rings is 2. The van der Waals surface area contributed by atoms with E-state index in [9.17, 15) is 4.79 Å². The van der Waals surface area contributed by atoms with E-state index >= 15 is 0 Å². The number of likely N-dealkylation sites (tertiary alicyclic amines) is 1. The molecule has 0 saturated carbocycles. The first-order chi connectivity index (χ1) is 15.6. The van der Waals surface area contributed by atoms with Crippen LogP contribution in [0.25, 0.3) is 0 Å². The van der Waals surface area contributed by atoms with Gasteiger partial charge in [-0.15, -0.1) is 0 Å². The summed E-state index contributed by atoms with van der Waals surface area (Å²) in [6.45, 7) is 4.51. The lowest BCUT2D eigenvalue weighted by Crippen LogP contribution is -2.36. The number of hydrogen-bond acceptors (Lipinski definition) is 7. The molecule has 2 aliphatic heterocycles. The van der Waals surface area contributed by atoms with Gasteiger partial charge in [-0.25, -0.2) is 4.98 Å². The number of hydrogen-bond donors (Lipinski definition) is 1. The number of aromatic amines is 1. The minimum atomic E-state index is -0.0609. The monoisotopic (exact) mass is 442 g/mol. The molecule has 3 heterocycles. The molecule has 1 atom stereocenters. The molecular formula is C24H34N4O4. The van der Waals surface area contributed by atoms with Gasteiger partial charge in [0.15, 0.2) is 11.5 Å². The van der Waals surface area contributed by atoms with E-state index in [-0.39, 0.29) is 11.5 Å². The van der Waals surface area contributed by atoms with Gasteiger partial charge in [0.05, 0.1) is 27.0 Å². The maximum absolute atomic E-state index is 12.4. The molecule has 0 aliphatic carbocycles. The van der Waals surface area contributed by atoms with Gasteiger partial charge in [-0.1, -0.05) is 6.07 Å². The van der Waals surface area contributed by atoms with E-state index in [1.165, 1.54) is 6.42 Å². The SMILES string of the molecule is COc1ccc(CN2CCCC(c3cc(=O)[nH]c(N4CCCCC4)n3)C2)c(OC)c1OC. The highest BCUT2D eigenvalue weighted by Gasteiger charge is 2.26. The summed E-state index contributed by atoms with van der Waals surface area (Å²) in [6, 6.07) is 5.63. The van der Waals surface area contributed by atoms with Crippen LogP contribution in [0.3, 0.4) is 0 Å². The van der Waals surface area contributed by atoms with Crippen LogP contribution < -0.4 is 24.7 Å². The second kappa shape index (κ2) is 10.3. The number of aromatic nitrogens is 2. The molecule has 0 amide bonds. The van der Waals surface area contributed by atoms with Crippen molar-refractivity contribution in [1.29, 1.82) is 0 Å². The summed E-state index contributed by atoms with van der Waals surface area (Å²) in [6.07, 6.45) is 5.65. The molecule has 1 aromatic carbocycles. The van der Waals surface area contributed by atoms with Crippen LogP contribution in [-0.4, -0.2) is 62.4 Å². The maximum atomic E-state index is 12.4. The Morgan fingerprint density at radius 3 is 2.50 bits per heavy atom. The number of methoxy groups -OCH3 is 3. The molecule has 8 nitrogen and oxygen atoms in total. The van der Waals surface area contributed by atoms with Gasteiger partial charge >= 0.3 is 0 Å². The normalized spacial score (nSPS) is 19.6. The quantitative estimate of drug-likeness (QED) is 0.705. The first kappa shape index (κ1) is 22.5. The number of rotatable bonds is 7. The fourth-order valence-electron chi connectivity index (χ4n) is 4.90. The van der Waals surface area contributed by atoms with Crippen LogP contribution in [0.4, 0.5) is 5.95 Å². The average Bonchev–Trinajstić information content (AvgIpc) is 2.84. The van der Waals surface area contributed by atoms with Gasteiger partial charge in [0.2, 0.25) is 11.7 Å². The third-order valence-electron chi connectivity index (χ3n) is 6.51. The largest absolute Gasteiger partial charge is 0.493 e. The van der Waals surface area contributed by atoms with Crippen molar-refractivity contribution in [1.82, 2.24) is 14.9 Å². The second-order valence-electron chi connectivity index (χ2n) is 8.61. The van der Waals surface area contributed by atoms with Crippen molar-refractivity contribution in [2.75, 3.05) is 52.4 Å². The summed E-state index contributed by atoms with van der Waals surface area (Å²) in [5, 5.41) is 0. The highest BCUT2D eigenvalue weighted by Crippen LogP contribution is 2.40. The third-order valence-corrected chi connectivity index (χ3v) is 6.51. The first-order valence-electron chi connectivity index (χ1n) is 11.5. The van der Waals surface area contributed by atoms with Gasteiger partial charge in [-0.2, -0.15) is 0 Å². The van der Waals surface area contributed by atoms with E-state index in [2.05, 4.69) is 14.8 Å². The zero-order valence-corrected chi connectivity index (χ0v) is 19.4. The Balaban J connectivity index is 1.52. The van der Waals surface area contributed by atoms with Crippen LogP contribution in [0.15, 0.2) is 23.0 Å². The van der Waals surface area contributed by atoms with Gasteiger partial charge in [0, 0.05) is 43.7 Å². The Labute approximate surface area is 189 Å². The topological polar surface area (TPSA) is 79.9 Å². The van der Waals surface area contributed by atoms with E-state index in [0.29, 0.717) is 17.2 Å². The number of H-pyrrole nitrogens is 1. The van der Waals surface area contributed by atoms with Crippen molar-refractivity contribution in [2.45, 2.75) is 44.6 Å². The lowest BCUT2D eigenvalue weighted by molar-refractivity contribution is 0.195. The van der Waals surface area contributed by atoms with Crippen molar-refractivity contribution < 1.29 is 14.2 Å². The minimum Gasteiger partial charge on any atom is -0.493 e. The Morgan fingerprint density at radius 1 is 1.00 bits per heavy atom. The Kier molecular flexibility index (Phi) is 7.19. The van der Waals surface area contributed by atoms with Crippen molar-refractivity contribution >= 4 is 5.95 Å². The molecule has 1 N–H and O–H groups in total. The molecule has 2 aromatic rings. The standard InChI is InChI=1S/C24H34N4O4/c1-30-20-10-9-18(22(31-2)23(20)32-3)16-27-11-7-8-17(15-27)19-14-21(29)26-24(25-19)28-12-5-4-6-13-28/h9-10,14,17H,4-8,11-13,15-16H2,1-3H3,(H,25,26,29). The molecule has 0 radical (unpaired) electrons. The van der Waals surface area contributed by atoms with Crippen LogP contribution in [0.2, 0.25) is 0 Å². The first-order valence-corrected chi connectivity index (χ1v) is 11.5. The van der Waals surface area contributed by atoms with Crippen LogP contribution in [0, 0.1) is 0 Å². The highest BCUT2D eigenvalue weighted by atomic mass is 16.5. The molecule has 32 heavy (non-hydrogen) atoms. The number of ether oxygens (including phenoxy) is 3. The van der Waals surface area contributed by atoms with Gasteiger partial charge in [0.1, 0.15) is 0 Å². The predicted octanol–water partition coefficient (Wildman–Crippen LogP) is 3.17. The summed E-state index contributed by atoms with van der Waals surface area (Å²) in [4.78, 5) is 24.9. The molecule has 174 valence electrons. The predicted molar refractivity (Wildman–Crippen MR) is 124 cm³/mol. The van der Waals surface area contributed by atoms with Crippen molar-refractivity contribution in [3.8, 4) is 17.2 Å². The second-order valence-corrected chi connectivity index (χ2v) is 8.61.